The number of benzene rings is 2. The van der Waals surface area contributed by atoms with Gasteiger partial charge in [-0.3, -0.25) is 9.59 Å². The third kappa shape index (κ3) is 11.4. The number of hydrogen-bond donors (Lipinski definition) is 0. The van der Waals surface area contributed by atoms with Gasteiger partial charge in [-0.1, -0.05) is 48.2 Å². The minimum absolute atomic E-state index is 0.0776. The summed E-state index contributed by atoms with van der Waals surface area (Å²) in [6, 6.07) is 14.1. The first-order valence-corrected chi connectivity index (χ1v) is 21.4. The molecule has 0 spiro atoms. The monoisotopic (exact) mass is 878 g/mol. The molecule has 0 N–H and O–H groups in total. The highest BCUT2D eigenvalue weighted by Crippen LogP contribution is 2.37. The Balaban J connectivity index is 0.000000205. The Hall–Kier alpha value is -5.28. The molecule has 0 radical (unpaired) electrons. The average Bonchev–Trinajstić information content (AvgIpc) is 3.74. The van der Waals surface area contributed by atoms with Crippen molar-refractivity contribution in [2.75, 3.05) is 69.3 Å². The zero-order valence-corrected chi connectivity index (χ0v) is 37.5. The van der Waals surface area contributed by atoms with E-state index >= 15 is 0 Å². The highest BCUT2D eigenvalue weighted by atomic mass is 35.5. The van der Waals surface area contributed by atoms with Gasteiger partial charge in [-0.05, 0) is 96.7 Å². The summed E-state index contributed by atoms with van der Waals surface area (Å²) < 4.78 is 19.1. The molecule has 4 aromatic rings. The maximum Gasteiger partial charge on any atom is 0.410 e. The zero-order valence-electron chi connectivity index (χ0n) is 36.0. The summed E-state index contributed by atoms with van der Waals surface area (Å²) in [5, 5.41) is 9.87. The molecule has 2 saturated heterocycles. The molecule has 3 fully saturated rings. The number of aromatic nitrogens is 4. The summed E-state index contributed by atoms with van der Waals surface area (Å²) in [7, 11) is 1.46. The number of carbonyl (C=O) groups is 2. The summed E-state index contributed by atoms with van der Waals surface area (Å²) in [6.07, 6.45) is 7.08. The highest BCUT2D eigenvalue weighted by molar-refractivity contribution is 6.31. The van der Waals surface area contributed by atoms with Crippen LogP contribution in [-0.4, -0.2) is 112 Å². The molecule has 2 aromatic carbocycles. The topological polar surface area (TPSA) is 145 Å². The second-order valence-corrected chi connectivity index (χ2v) is 18.2. The molecular formula is C44H56Cl2N8O7. The van der Waals surface area contributed by atoms with Gasteiger partial charge in [-0.25, -0.2) is 9.59 Å². The molecule has 2 aromatic heterocycles. The number of methoxy groups -OCH3 is 1. The number of piperazine rings is 2. The minimum atomic E-state index is -0.536. The Kier molecular flexibility index (Phi) is 14.2. The van der Waals surface area contributed by atoms with Gasteiger partial charge in [-0.15, -0.1) is 0 Å². The number of anilines is 2. The van der Waals surface area contributed by atoms with Crippen LogP contribution in [0.15, 0.2) is 70.5 Å². The van der Waals surface area contributed by atoms with E-state index < -0.39 is 11.2 Å². The van der Waals surface area contributed by atoms with Crippen LogP contribution < -0.4 is 25.7 Å². The number of amides is 2. The van der Waals surface area contributed by atoms with Crippen molar-refractivity contribution >= 4 is 46.8 Å². The van der Waals surface area contributed by atoms with Crippen molar-refractivity contribution in [1.29, 1.82) is 0 Å². The van der Waals surface area contributed by atoms with E-state index in [-0.39, 0.29) is 35.0 Å². The van der Waals surface area contributed by atoms with Crippen molar-refractivity contribution in [2.45, 2.75) is 84.3 Å². The van der Waals surface area contributed by atoms with Crippen molar-refractivity contribution in [3.63, 3.8) is 0 Å². The summed E-state index contributed by atoms with van der Waals surface area (Å²) in [5.41, 5.74) is 2.05. The Morgan fingerprint density at radius 2 is 1.07 bits per heavy atom. The molecule has 0 atom stereocenters. The number of rotatable bonds is 6. The molecule has 0 bridgehead atoms. The third-order valence-electron chi connectivity index (χ3n) is 10.5. The molecule has 1 aliphatic carbocycles. The lowest BCUT2D eigenvalue weighted by Crippen LogP contribution is -2.50. The van der Waals surface area contributed by atoms with Gasteiger partial charge in [0, 0.05) is 68.0 Å². The lowest BCUT2D eigenvalue weighted by Gasteiger charge is -2.37. The molecule has 7 rings (SSSR count). The van der Waals surface area contributed by atoms with Crippen LogP contribution in [0.4, 0.5) is 21.0 Å². The van der Waals surface area contributed by atoms with E-state index in [0.717, 1.165) is 36.9 Å². The van der Waals surface area contributed by atoms with Gasteiger partial charge in [-0.2, -0.15) is 19.6 Å². The number of halogens is 2. The van der Waals surface area contributed by atoms with E-state index in [0.29, 0.717) is 79.5 Å². The maximum absolute atomic E-state index is 13.6. The summed E-state index contributed by atoms with van der Waals surface area (Å²) in [6.45, 7) is 15.6. The molecule has 0 unspecified atom stereocenters. The van der Waals surface area contributed by atoms with E-state index in [2.05, 4.69) is 15.1 Å². The third-order valence-corrected chi connectivity index (χ3v) is 11.0. The first-order valence-electron chi connectivity index (χ1n) is 20.7. The van der Waals surface area contributed by atoms with Crippen LogP contribution in [-0.2, 0) is 9.47 Å². The Morgan fingerprint density at radius 3 is 1.49 bits per heavy atom. The lowest BCUT2D eigenvalue weighted by atomic mass is 9.97. The lowest BCUT2D eigenvalue weighted by molar-refractivity contribution is 0.0230. The van der Waals surface area contributed by atoms with Gasteiger partial charge in [0.2, 0.25) is 5.75 Å². The van der Waals surface area contributed by atoms with Crippen LogP contribution in [0.25, 0.3) is 11.4 Å². The molecule has 328 valence electrons. The quantitative estimate of drug-likeness (QED) is 0.189. The Labute approximate surface area is 366 Å². The van der Waals surface area contributed by atoms with E-state index in [9.17, 15) is 19.2 Å². The molecule has 3 aliphatic rings. The van der Waals surface area contributed by atoms with Gasteiger partial charge in [0.1, 0.15) is 16.9 Å². The fourth-order valence-electron chi connectivity index (χ4n) is 7.65. The summed E-state index contributed by atoms with van der Waals surface area (Å²) in [5.74, 6) is 0.431. The summed E-state index contributed by atoms with van der Waals surface area (Å²) >= 11 is 12.2. The predicted molar refractivity (Wildman–Crippen MR) is 237 cm³/mol. The van der Waals surface area contributed by atoms with E-state index in [4.69, 9.17) is 37.4 Å². The molecule has 2 amide bonds. The Bertz CT molecular complexity index is 2300. The first-order chi connectivity index (χ1) is 28.9. The van der Waals surface area contributed by atoms with Crippen LogP contribution in [0.1, 0.15) is 78.7 Å². The Morgan fingerprint density at radius 1 is 0.639 bits per heavy atom. The smallest absolute Gasteiger partial charge is 0.410 e. The fraction of sp³-hybridized carbons (Fsp3) is 0.500. The van der Waals surface area contributed by atoms with Crippen molar-refractivity contribution in [1.82, 2.24) is 29.4 Å². The van der Waals surface area contributed by atoms with E-state index in [1.165, 1.54) is 16.5 Å². The zero-order chi connectivity index (χ0) is 44.1. The van der Waals surface area contributed by atoms with Crippen molar-refractivity contribution in [3.05, 3.63) is 97.2 Å². The van der Waals surface area contributed by atoms with Crippen LogP contribution >= 0.6 is 23.2 Å². The molecule has 1 saturated carbocycles. The standard InChI is InChI=1S/C24H31ClN4O3.C20H25ClN4O4/c1-24(2,3)32-23(31)28-13-11-27(12-14-28)20-16-26-29(19-10-6-9-18(25)15-19)22(30)21(20)17-7-4-5-8-17;1-20(2,3)29-19(27)24-10-8-23(9-11-24)16-13-22-25(18(26)17(16)28-4)15-7-5-6-14(21)12-15/h6,9-10,15-17H,4-5,7-8,11-14H2,1-3H3;5-7,12-13H,8-11H2,1-4H3. The van der Waals surface area contributed by atoms with Crippen molar-refractivity contribution in [2.24, 2.45) is 0 Å². The SMILES string of the molecule is CC(C)(C)OC(=O)N1CCN(c2cnn(-c3cccc(Cl)c3)c(=O)c2C2CCCC2)CC1.COc1c(N2CCN(C(=O)OC(C)(C)C)CC2)cnn(-c2cccc(Cl)c2)c1=O. The van der Waals surface area contributed by atoms with Gasteiger partial charge in [0.15, 0.2) is 0 Å². The number of nitrogens with zero attached hydrogens (tertiary/aromatic N) is 8. The average molecular weight is 880 g/mol. The second-order valence-electron chi connectivity index (χ2n) is 17.3. The molecule has 2 aliphatic heterocycles. The number of ether oxygens (including phenoxy) is 3. The van der Waals surface area contributed by atoms with Gasteiger partial charge in [0.05, 0.1) is 36.6 Å². The van der Waals surface area contributed by atoms with Crippen LogP contribution in [0, 0.1) is 0 Å². The van der Waals surface area contributed by atoms with Crippen LogP contribution in [0.3, 0.4) is 0 Å². The van der Waals surface area contributed by atoms with E-state index in [1.54, 1.807) is 58.6 Å². The largest absolute Gasteiger partial charge is 0.490 e. The van der Waals surface area contributed by atoms with Gasteiger partial charge < -0.3 is 33.8 Å². The second kappa shape index (κ2) is 19.2. The predicted octanol–water partition coefficient (Wildman–Crippen LogP) is 7.55. The molecule has 4 heterocycles. The summed E-state index contributed by atoms with van der Waals surface area (Å²) in [4.78, 5) is 58.8. The first kappa shape index (κ1) is 45.3. The van der Waals surface area contributed by atoms with Gasteiger partial charge in [0.25, 0.3) is 5.56 Å². The number of hydrogen-bond acceptors (Lipinski definition) is 11. The maximum atomic E-state index is 13.6. The van der Waals surface area contributed by atoms with E-state index in [1.807, 2.05) is 58.6 Å². The normalized spacial score (nSPS) is 16.2. The highest BCUT2D eigenvalue weighted by Gasteiger charge is 2.32. The van der Waals surface area contributed by atoms with Crippen molar-refractivity contribution < 1.29 is 23.8 Å². The van der Waals surface area contributed by atoms with Crippen LogP contribution in [0.5, 0.6) is 5.75 Å². The fourth-order valence-corrected chi connectivity index (χ4v) is 8.02. The molecular weight excluding hydrogens is 823 g/mol. The molecule has 17 heteroatoms. The van der Waals surface area contributed by atoms with Crippen LogP contribution in [0.2, 0.25) is 10.0 Å². The van der Waals surface area contributed by atoms with Crippen molar-refractivity contribution in [3.8, 4) is 17.1 Å². The van der Waals surface area contributed by atoms with Gasteiger partial charge >= 0.3 is 17.7 Å². The molecule has 61 heavy (non-hydrogen) atoms. The molecule has 15 nitrogen and oxygen atoms in total. The number of carbonyl (C=O) groups excluding carboxylic acids is 2. The minimum Gasteiger partial charge on any atom is -0.490 e.